The van der Waals surface area contributed by atoms with Crippen molar-refractivity contribution >= 4 is 17.6 Å². The first-order valence-corrected chi connectivity index (χ1v) is 8.71. The van der Waals surface area contributed by atoms with Crippen LogP contribution in [0.3, 0.4) is 0 Å². The summed E-state index contributed by atoms with van der Waals surface area (Å²) in [6, 6.07) is 11.9. The van der Waals surface area contributed by atoms with Crippen LogP contribution in [-0.4, -0.2) is 32.7 Å². The number of hydroxylamine groups is 1. The number of anilines is 1. The second-order valence-electron chi connectivity index (χ2n) is 7.01. The van der Waals surface area contributed by atoms with E-state index in [-0.39, 0.29) is 11.3 Å². The van der Waals surface area contributed by atoms with Crippen LogP contribution in [0.4, 0.5) is 5.69 Å². The molecular weight excluding hydrogens is 346 g/mol. The zero-order valence-electron chi connectivity index (χ0n) is 15.9. The molecule has 0 atom stereocenters. The van der Waals surface area contributed by atoms with E-state index in [2.05, 4.69) is 18.6 Å². The molecule has 1 amide bonds. The first-order valence-electron chi connectivity index (χ1n) is 8.71. The molecule has 0 aromatic heterocycles. The summed E-state index contributed by atoms with van der Waals surface area (Å²) >= 11 is 0. The number of esters is 1. The fourth-order valence-electron chi connectivity index (χ4n) is 3.14. The molecule has 2 aromatic rings. The lowest BCUT2D eigenvalue weighted by Gasteiger charge is -2.33. The Labute approximate surface area is 158 Å². The summed E-state index contributed by atoms with van der Waals surface area (Å²) < 4.78 is 10.4. The Morgan fingerprint density at radius 2 is 1.70 bits per heavy atom. The van der Waals surface area contributed by atoms with Gasteiger partial charge in [0.25, 0.3) is 5.91 Å². The fourth-order valence-corrected chi connectivity index (χ4v) is 3.14. The fraction of sp³-hybridized carbons (Fsp3) is 0.333. The van der Waals surface area contributed by atoms with Gasteiger partial charge in [-0.05, 0) is 54.3 Å². The predicted molar refractivity (Wildman–Crippen MR) is 101 cm³/mol. The molecule has 142 valence electrons. The number of nitrogens with zero attached hydrogens (tertiary/aromatic N) is 1. The quantitative estimate of drug-likeness (QED) is 0.607. The molecule has 0 spiro atoms. The maximum Gasteiger partial charge on any atom is 0.337 e. The lowest BCUT2D eigenvalue weighted by atomic mass is 9.79. The molecule has 0 saturated heterocycles. The third kappa shape index (κ3) is 3.66. The largest absolute Gasteiger partial charge is 0.493 e. The van der Waals surface area contributed by atoms with Crippen molar-refractivity contribution in [3.63, 3.8) is 0 Å². The number of amides is 1. The Morgan fingerprint density at radius 3 is 2.33 bits per heavy atom. The summed E-state index contributed by atoms with van der Waals surface area (Å²) in [5.74, 6) is 0.0791. The van der Waals surface area contributed by atoms with Gasteiger partial charge in [0.15, 0.2) is 0 Å². The molecule has 0 bridgehead atoms. The number of carbonyl (C=O) groups is 2. The lowest BCUT2D eigenvalue weighted by molar-refractivity contribution is 0.0600. The van der Waals surface area contributed by atoms with Crippen molar-refractivity contribution in [3.05, 3.63) is 59.2 Å². The Kier molecular flexibility index (Phi) is 5.19. The molecule has 0 aliphatic carbocycles. The highest BCUT2D eigenvalue weighted by Crippen LogP contribution is 2.39. The molecule has 3 rings (SSSR count). The van der Waals surface area contributed by atoms with Crippen LogP contribution in [0.5, 0.6) is 5.75 Å². The molecule has 1 aliphatic heterocycles. The molecule has 1 aliphatic rings. The van der Waals surface area contributed by atoms with Crippen LogP contribution in [0.2, 0.25) is 0 Å². The molecule has 6 heteroatoms. The Balaban J connectivity index is 1.90. The minimum absolute atomic E-state index is 0.0655. The van der Waals surface area contributed by atoms with E-state index in [4.69, 9.17) is 9.57 Å². The van der Waals surface area contributed by atoms with Gasteiger partial charge in [0.1, 0.15) is 5.75 Å². The molecule has 0 fully saturated rings. The van der Waals surface area contributed by atoms with Crippen LogP contribution in [0.15, 0.2) is 42.5 Å². The lowest BCUT2D eigenvalue weighted by Crippen LogP contribution is -2.31. The first-order chi connectivity index (χ1) is 12.9. The standard InChI is InChI=1S/C21H23NO5/c1-21(2)11-12-27-18-10-7-15(13-17(18)21)19(23)22(26-4)16-8-5-14(6-9-16)20(24)25-3/h5-10,13H,11-12H2,1-4H3. The molecule has 1 heterocycles. The summed E-state index contributed by atoms with van der Waals surface area (Å²) in [6.07, 6.45) is 0.890. The highest BCUT2D eigenvalue weighted by atomic mass is 16.7. The van der Waals surface area contributed by atoms with Crippen molar-refractivity contribution in [1.82, 2.24) is 0 Å². The van der Waals surface area contributed by atoms with Gasteiger partial charge in [0, 0.05) is 11.1 Å². The third-order valence-corrected chi connectivity index (χ3v) is 4.83. The van der Waals surface area contributed by atoms with Gasteiger partial charge in [-0.15, -0.1) is 0 Å². The number of carbonyl (C=O) groups excluding carboxylic acids is 2. The van der Waals surface area contributed by atoms with Crippen LogP contribution in [0, 0.1) is 0 Å². The molecule has 2 aromatic carbocycles. The second kappa shape index (κ2) is 7.40. The average Bonchev–Trinajstić information content (AvgIpc) is 2.68. The summed E-state index contributed by atoms with van der Waals surface area (Å²) in [6.45, 7) is 4.95. The molecule has 0 radical (unpaired) electrons. The molecule has 27 heavy (non-hydrogen) atoms. The zero-order valence-corrected chi connectivity index (χ0v) is 15.9. The minimum atomic E-state index is -0.436. The zero-order chi connectivity index (χ0) is 19.6. The Hall–Kier alpha value is -2.86. The van der Waals surface area contributed by atoms with Gasteiger partial charge < -0.3 is 9.47 Å². The van der Waals surface area contributed by atoms with Crippen molar-refractivity contribution in [2.75, 3.05) is 25.9 Å². The number of methoxy groups -OCH3 is 1. The van der Waals surface area contributed by atoms with Crippen LogP contribution in [-0.2, 0) is 15.0 Å². The number of hydrogen-bond acceptors (Lipinski definition) is 5. The highest BCUT2D eigenvalue weighted by Gasteiger charge is 2.30. The van der Waals surface area contributed by atoms with Gasteiger partial charge in [-0.1, -0.05) is 13.8 Å². The Morgan fingerprint density at radius 1 is 1.04 bits per heavy atom. The van der Waals surface area contributed by atoms with Crippen molar-refractivity contribution in [2.45, 2.75) is 25.7 Å². The predicted octanol–water partition coefficient (Wildman–Crippen LogP) is 3.74. The molecule has 0 N–H and O–H groups in total. The van der Waals surface area contributed by atoms with E-state index < -0.39 is 5.97 Å². The Bertz CT molecular complexity index is 857. The van der Waals surface area contributed by atoms with E-state index in [1.807, 2.05) is 12.1 Å². The van der Waals surface area contributed by atoms with Crippen molar-refractivity contribution in [2.24, 2.45) is 0 Å². The van der Waals surface area contributed by atoms with Crippen molar-refractivity contribution in [3.8, 4) is 5.75 Å². The third-order valence-electron chi connectivity index (χ3n) is 4.83. The maximum absolute atomic E-state index is 13.0. The second-order valence-corrected chi connectivity index (χ2v) is 7.01. The van der Waals surface area contributed by atoms with Gasteiger partial charge in [-0.25, -0.2) is 4.79 Å². The first kappa shape index (κ1) is 18.9. The SMILES string of the molecule is COC(=O)c1ccc(N(OC)C(=O)c2ccc3c(c2)C(C)(C)CCO3)cc1. The van der Waals surface area contributed by atoms with E-state index in [0.717, 1.165) is 17.7 Å². The van der Waals surface area contributed by atoms with E-state index in [1.54, 1.807) is 30.3 Å². The number of fused-ring (bicyclic) bond motifs is 1. The van der Waals surface area contributed by atoms with Crippen molar-refractivity contribution in [1.29, 1.82) is 0 Å². The maximum atomic E-state index is 13.0. The van der Waals surface area contributed by atoms with Crippen LogP contribution < -0.4 is 9.80 Å². The smallest absolute Gasteiger partial charge is 0.337 e. The monoisotopic (exact) mass is 369 g/mol. The molecule has 0 saturated carbocycles. The average molecular weight is 369 g/mol. The van der Waals surface area contributed by atoms with Crippen molar-refractivity contribution < 1.29 is 23.9 Å². The topological polar surface area (TPSA) is 65.1 Å². The summed E-state index contributed by atoms with van der Waals surface area (Å²) in [5, 5.41) is 1.19. The highest BCUT2D eigenvalue weighted by molar-refractivity contribution is 6.05. The summed E-state index contributed by atoms with van der Waals surface area (Å²) in [7, 11) is 2.75. The summed E-state index contributed by atoms with van der Waals surface area (Å²) in [5.41, 5.74) is 2.37. The minimum Gasteiger partial charge on any atom is -0.493 e. The van der Waals surface area contributed by atoms with Gasteiger partial charge in [0.2, 0.25) is 0 Å². The van der Waals surface area contributed by atoms with Crippen LogP contribution in [0.25, 0.3) is 0 Å². The molecule has 0 unspecified atom stereocenters. The number of rotatable bonds is 4. The van der Waals surface area contributed by atoms with Crippen LogP contribution >= 0.6 is 0 Å². The van der Waals surface area contributed by atoms with Gasteiger partial charge in [-0.2, -0.15) is 5.06 Å². The molecule has 6 nitrogen and oxygen atoms in total. The van der Waals surface area contributed by atoms with Crippen LogP contribution in [0.1, 0.15) is 46.5 Å². The summed E-state index contributed by atoms with van der Waals surface area (Å²) in [4.78, 5) is 29.9. The van der Waals surface area contributed by atoms with E-state index in [1.165, 1.54) is 19.3 Å². The van der Waals surface area contributed by atoms with E-state index in [9.17, 15) is 9.59 Å². The van der Waals surface area contributed by atoms with E-state index >= 15 is 0 Å². The number of benzene rings is 2. The van der Waals surface area contributed by atoms with E-state index in [0.29, 0.717) is 23.4 Å². The number of hydrogen-bond donors (Lipinski definition) is 0. The van der Waals surface area contributed by atoms with Gasteiger partial charge >= 0.3 is 5.97 Å². The van der Waals surface area contributed by atoms with Gasteiger partial charge in [0.05, 0.1) is 32.1 Å². The molecular formula is C21H23NO5. The van der Waals surface area contributed by atoms with Gasteiger partial charge in [-0.3, -0.25) is 9.63 Å². The number of ether oxygens (including phenoxy) is 2. The normalized spacial score (nSPS) is 14.7.